The summed E-state index contributed by atoms with van der Waals surface area (Å²) in [7, 11) is 0. The standard InChI is InChI=1S/C21H21ClN4.C4F6O2/c22-16-4-3-14(9-23)20(7-16)25-17-6-13-2-1-5-26-12-15-10-24-11-19(15)18(8-17)21(13)26;5-3(6,7)1(11)2(12)4(8,9)10/h3-4,6-8,15,19,24-25H,1-2,5,10-12H2;/t15-,19-;/m1./s1. The lowest BCUT2D eigenvalue weighted by molar-refractivity contribution is -0.193. The molecule has 0 unspecified atom stereocenters. The lowest BCUT2D eigenvalue weighted by atomic mass is 9.80. The Morgan fingerprint density at radius 1 is 1.05 bits per heavy atom. The molecule has 202 valence electrons. The molecule has 6 nitrogen and oxygen atoms in total. The number of hydrogen-bond acceptors (Lipinski definition) is 6. The number of nitriles is 1. The molecule has 0 aliphatic carbocycles. The van der Waals surface area contributed by atoms with Crippen LogP contribution >= 0.6 is 11.6 Å². The average Bonchev–Trinajstić information content (AvgIpc) is 3.31. The van der Waals surface area contributed by atoms with Gasteiger partial charge in [-0.1, -0.05) is 11.6 Å². The lowest BCUT2D eigenvalue weighted by Gasteiger charge is -2.42. The normalized spacial score (nSPS) is 19.9. The van der Waals surface area contributed by atoms with Gasteiger partial charge in [-0.05, 0) is 60.2 Å². The number of ketones is 2. The number of fused-ring (bicyclic) bond motifs is 2. The van der Waals surface area contributed by atoms with Gasteiger partial charge in [0.2, 0.25) is 0 Å². The molecule has 3 aliphatic heterocycles. The summed E-state index contributed by atoms with van der Waals surface area (Å²) in [6.07, 6.45) is -9.21. The number of rotatable bonds is 3. The second-order valence-corrected chi connectivity index (χ2v) is 9.66. The molecule has 2 N–H and O–H groups in total. The second-order valence-electron chi connectivity index (χ2n) is 9.23. The Labute approximate surface area is 218 Å². The third-order valence-electron chi connectivity index (χ3n) is 6.71. The first-order chi connectivity index (χ1) is 17.8. The molecule has 0 amide bonds. The second kappa shape index (κ2) is 10.5. The Kier molecular flexibility index (Phi) is 7.63. The van der Waals surface area contributed by atoms with E-state index in [1.165, 1.54) is 36.3 Å². The summed E-state index contributed by atoms with van der Waals surface area (Å²) in [6, 6.07) is 12.2. The van der Waals surface area contributed by atoms with E-state index in [0.717, 1.165) is 30.9 Å². The molecule has 38 heavy (non-hydrogen) atoms. The summed E-state index contributed by atoms with van der Waals surface area (Å²) < 4.78 is 67.0. The zero-order chi connectivity index (χ0) is 27.8. The van der Waals surface area contributed by atoms with E-state index in [1.807, 2.05) is 6.07 Å². The van der Waals surface area contributed by atoms with Crippen LogP contribution in [0.5, 0.6) is 0 Å². The maximum absolute atomic E-state index is 11.2. The molecule has 0 saturated carbocycles. The van der Waals surface area contributed by atoms with Crippen LogP contribution in [0.15, 0.2) is 30.3 Å². The quantitative estimate of drug-likeness (QED) is 0.394. The van der Waals surface area contributed by atoms with Crippen LogP contribution in [-0.2, 0) is 16.0 Å². The molecule has 3 heterocycles. The van der Waals surface area contributed by atoms with Gasteiger partial charge in [-0.15, -0.1) is 0 Å². The number of halogens is 7. The number of benzene rings is 2. The molecule has 0 radical (unpaired) electrons. The van der Waals surface area contributed by atoms with Crippen LogP contribution in [0, 0.1) is 17.2 Å². The maximum Gasteiger partial charge on any atom is 0.458 e. The molecule has 1 fully saturated rings. The Hall–Kier alpha value is -3.30. The van der Waals surface area contributed by atoms with Crippen LogP contribution in [0.1, 0.15) is 29.0 Å². The maximum atomic E-state index is 11.2. The fraction of sp³-hybridized carbons (Fsp3) is 0.400. The van der Waals surface area contributed by atoms with Crippen LogP contribution in [0.2, 0.25) is 5.02 Å². The number of aryl methyl sites for hydroxylation is 1. The van der Waals surface area contributed by atoms with Gasteiger partial charge in [0.1, 0.15) is 6.07 Å². The number of carbonyl (C=O) groups is 2. The Balaban J connectivity index is 0.000000240. The van der Waals surface area contributed by atoms with E-state index in [4.69, 9.17) is 11.6 Å². The van der Waals surface area contributed by atoms with Crippen LogP contribution in [0.25, 0.3) is 0 Å². The van der Waals surface area contributed by atoms with Gasteiger partial charge < -0.3 is 15.5 Å². The third-order valence-corrected chi connectivity index (χ3v) is 6.94. The first kappa shape index (κ1) is 27.7. The molecule has 1 saturated heterocycles. The predicted octanol–water partition coefficient (Wildman–Crippen LogP) is 5.27. The van der Waals surface area contributed by atoms with Crippen molar-refractivity contribution in [1.29, 1.82) is 5.26 Å². The highest BCUT2D eigenvalue weighted by atomic mass is 35.5. The molecule has 2 aromatic carbocycles. The summed E-state index contributed by atoms with van der Waals surface area (Å²) in [5.74, 6) is -5.52. The van der Waals surface area contributed by atoms with Crippen LogP contribution in [0.4, 0.5) is 43.4 Å². The summed E-state index contributed by atoms with van der Waals surface area (Å²) in [5, 5.41) is 17.1. The number of nitrogens with zero attached hydrogens (tertiary/aromatic N) is 2. The van der Waals surface area contributed by atoms with Crippen LogP contribution in [0.3, 0.4) is 0 Å². The van der Waals surface area contributed by atoms with E-state index < -0.39 is 23.9 Å². The van der Waals surface area contributed by atoms with Gasteiger partial charge in [-0.2, -0.15) is 31.6 Å². The highest BCUT2D eigenvalue weighted by molar-refractivity contribution is 6.41. The first-order valence-electron chi connectivity index (χ1n) is 11.6. The summed E-state index contributed by atoms with van der Waals surface area (Å²) >= 11 is 6.15. The van der Waals surface area contributed by atoms with Crippen LogP contribution < -0.4 is 15.5 Å². The van der Waals surface area contributed by atoms with Crippen molar-refractivity contribution in [2.45, 2.75) is 31.1 Å². The van der Waals surface area contributed by atoms with Gasteiger partial charge in [-0.25, -0.2) is 0 Å². The number of alkyl halides is 6. The minimum absolute atomic E-state index is 0.592. The molecule has 0 aromatic heterocycles. The van der Waals surface area contributed by atoms with E-state index in [9.17, 15) is 41.2 Å². The van der Waals surface area contributed by atoms with E-state index in [1.54, 1.807) is 12.1 Å². The van der Waals surface area contributed by atoms with Crippen molar-refractivity contribution in [2.24, 2.45) is 5.92 Å². The van der Waals surface area contributed by atoms with E-state index >= 15 is 0 Å². The summed E-state index contributed by atoms with van der Waals surface area (Å²) in [5.41, 5.74) is 6.82. The third kappa shape index (κ3) is 5.73. The molecule has 2 atom stereocenters. The van der Waals surface area contributed by atoms with Gasteiger partial charge in [0.05, 0.1) is 11.3 Å². The molecule has 0 spiro atoms. The smallest absolute Gasteiger partial charge is 0.371 e. The molecule has 5 rings (SSSR count). The van der Waals surface area contributed by atoms with Crippen molar-refractivity contribution in [3.63, 3.8) is 0 Å². The number of carbonyl (C=O) groups excluding carboxylic acids is 2. The minimum atomic E-state index is -5.77. The number of Topliss-reactive ketones (excluding diaryl/α,β-unsaturated/α-hetero) is 2. The molecular formula is C25H21ClF6N4O2. The molecular weight excluding hydrogens is 538 g/mol. The SMILES string of the molecule is N#Cc1ccc(Cl)cc1Nc1cc2c3c(c1)[C@@H]1CNC[C@@H]1CN3CCC2.O=C(C(=O)C(F)(F)F)C(F)(F)F. The fourth-order valence-electron chi connectivity index (χ4n) is 5.11. The van der Waals surface area contributed by atoms with Crippen LogP contribution in [-0.4, -0.2) is 50.1 Å². The van der Waals surface area contributed by atoms with Gasteiger partial charge in [0, 0.05) is 48.5 Å². The largest absolute Gasteiger partial charge is 0.458 e. The Bertz CT molecular complexity index is 1280. The highest BCUT2D eigenvalue weighted by Crippen LogP contribution is 2.46. The first-order valence-corrected chi connectivity index (χ1v) is 12.0. The molecule has 2 aromatic rings. The monoisotopic (exact) mass is 558 g/mol. The molecule has 0 bridgehead atoms. The van der Waals surface area contributed by atoms with E-state index in [-0.39, 0.29) is 0 Å². The van der Waals surface area contributed by atoms with E-state index in [0.29, 0.717) is 22.4 Å². The van der Waals surface area contributed by atoms with Gasteiger partial charge in [0.25, 0.3) is 0 Å². The zero-order valence-electron chi connectivity index (χ0n) is 19.6. The van der Waals surface area contributed by atoms with Crippen molar-refractivity contribution in [2.75, 3.05) is 36.4 Å². The Morgan fingerprint density at radius 3 is 2.37 bits per heavy atom. The number of hydrogen-bond donors (Lipinski definition) is 2. The topological polar surface area (TPSA) is 85.2 Å². The van der Waals surface area contributed by atoms with Crippen molar-refractivity contribution < 1.29 is 35.9 Å². The van der Waals surface area contributed by atoms with Gasteiger partial charge in [0.15, 0.2) is 0 Å². The minimum Gasteiger partial charge on any atom is -0.371 e. The van der Waals surface area contributed by atoms with Gasteiger partial charge >= 0.3 is 23.9 Å². The predicted molar refractivity (Wildman–Crippen MR) is 128 cm³/mol. The van der Waals surface area contributed by atoms with Crippen molar-refractivity contribution in [3.05, 3.63) is 52.0 Å². The van der Waals surface area contributed by atoms with Gasteiger partial charge in [-0.3, -0.25) is 9.59 Å². The zero-order valence-corrected chi connectivity index (χ0v) is 20.4. The fourth-order valence-corrected chi connectivity index (χ4v) is 5.28. The van der Waals surface area contributed by atoms with Crippen molar-refractivity contribution >= 4 is 40.2 Å². The van der Waals surface area contributed by atoms with E-state index in [2.05, 4.69) is 33.7 Å². The molecule has 13 heteroatoms. The summed E-state index contributed by atoms with van der Waals surface area (Å²) in [6.45, 7) is 4.52. The Morgan fingerprint density at radius 2 is 1.74 bits per heavy atom. The van der Waals surface area contributed by atoms with Crippen molar-refractivity contribution in [1.82, 2.24) is 5.32 Å². The van der Waals surface area contributed by atoms with Crippen molar-refractivity contribution in [3.8, 4) is 6.07 Å². The summed E-state index contributed by atoms with van der Waals surface area (Å²) in [4.78, 5) is 21.8. The average molecular weight is 559 g/mol. The number of anilines is 3. The highest BCUT2D eigenvalue weighted by Gasteiger charge is 2.54. The molecule has 3 aliphatic rings. The number of nitrogens with one attached hydrogen (secondary N) is 2. The lowest BCUT2D eigenvalue weighted by Crippen LogP contribution is -2.41.